The first-order chi connectivity index (χ1) is 7.31. The van der Waals surface area contributed by atoms with Gasteiger partial charge in [-0.15, -0.1) is 0 Å². The molecule has 0 aliphatic carbocycles. The number of hydrogen-bond donors (Lipinski definition) is 2. The number of nitrogen functional groups attached to an aromatic ring is 1. The Morgan fingerprint density at radius 1 is 1.40 bits per heavy atom. The third-order valence-corrected chi connectivity index (χ3v) is 1.84. The SMILES string of the molecule is NNC(=O)c1cc(-c2ccncc2)on1. The van der Waals surface area contributed by atoms with E-state index < -0.39 is 5.91 Å². The van der Waals surface area contributed by atoms with E-state index in [1.54, 1.807) is 24.5 Å². The second-order valence-corrected chi connectivity index (χ2v) is 2.79. The second kappa shape index (κ2) is 3.89. The van der Waals surface area contributed by atoms with E-state index in [1.807, 2.05) is 5.43 Å². The van der Waals surface area contributed by atoms with Crippen molar-refractivity contribution in [2.45, 2.75) is 0 Å². The van der Waals surface area contributed by atoms with Crippen molar-refractivity contribution >= 4 is 5.91 Å². The minimum atomic E-state index is -0.487. The number of hydrogen-bond acceptors (Lipinski definition) is 5. The molecule has 2 heterocycles. The predicted octanol–water partition coefficient (Wildman–Crippen LogP) is 0.340. The Kier molecular flexibility index (Phi) is 2.42. The van der Waals surface area contributed by atoms with Crippen molar-refractivity contribution in [2.75, 3.05) is 0 Å². The summed E-state index contributed by atoms with van der Waals surface area (Å²) in [5.74, 6) is 4.97. The number of carbonyl (C=O) groups is 1. The lowest BCUT2D eigenvalue weighted by atomic mass is 10.2. The molecule has 2 aromatic heterocycles. The topological polar surface area (TPSA) is 94.0 Å². The lowest BCUT2D eigenvalue weighted by molar-refractivity contribution is 0.0944. The molecule has 1 amide bonds. The first kappa shape index (κ1) is 9.35. The normalized spacial score (nSPS) is 9.93. The van der Waals surface area contributed by atoms with E-state index in [-0.39, 0.29) is 5.69 Å². The third-order valence-electron chi connectivity index (χ3n) is 1.84. The van der Waals surface area contributed by atoms with Gasteiger partial charge in [-0.3, -0.25) is 15.2 Å². The van der Waals surface area contributed by atoms with Gasteiger partial charge >= 0.3 is 0 Å². The van der Waals surface area contributed by atoms with E-state index in [4.69, 9.17) is 10.4 Å². The zero-order chi connectivity index (χ0) is 10.7. The minimum Gasteiger partial charge on any atom is -0.355 e. The van der Waals surface area contributed by atoms with Crippen LogP contribution in [-0.4, -0.2) is 16.0 Å². The number of rotatable bonds is 2. The fourth-order valence-electron chi connectivity index (χ4n) is 1.11. The highest BCUT2D eigenvalue weighted by Gasteiger charge is 2.11. The number of nitrogens with zero attached hydrogens (tertiary/aromatic N) is 2. The molecule has 6 heteroatoms. The van der Waals surface area contributed by atoms with Gasteiger partial charge in [-0.1, -0.05) is 5.16 Å². The molecule has 0 saturated heterocycles. The lowest BCUT2D eigenvalue weighted by Crippen LogP contribution is -2.30. The smallest absolute Gasteiger partial charge is 0.287 e. The summed E-state index contributed by atoms with van der Waals surface area (Å²) < 4.78 is 4.98. The van der Waals surface area contributed by atoms with Crippen LogP contribution in [0.1, 0.15) is 10.5 Å². The van der Waals surface area contributed by atoms with Gasteiger partial charge < -0.3 is 4.52 Å². The summed E-state index contributed by atoms with van der Waals surface area (Å²) in [6, 6.07) is 5.02. The number of nitrogens with one attached hydrogen (secondary N) is 1. The van der Waals surface area contributed by atoms with E-state index in [0.717, 1.165) is 5.56 Å². The van der Waals surface area contributed by atoms with Crippen LogP contribution in [0.2, 0.25) is 0 Å². The van der Waals surface area contributed by atoms with Crippen molar-refractivity contribution in [2.24, 2.45) is 5.84 Å². The number of aromatic nitrogens is 2. The lowest BCUT2D eigenvalue weighted by Gasteiger charge is -1.91. The van der Waals surface area contributed by atoms with Gasteiger partial charge in [0.25, 0.3) is 5.91 Å². The summed E-state index contributed by atoms with van der Waals surface area (Å²) in [7, 11) is 0. The standard InChI is InChI=1S/C9H8N4O2/c10-12-9(14)7-5-8(15-13-7)6-1-3-11-4-2-6/h1-5H,10H2,(H,12,14). The van der Waals surface area contributed by atoms with Crippen LogP contribution in [0.25, 0.3) is 11.3 Å². The molecule has 15 heavy (non-hydrogen) atoms. The second-order valence-electron chi connectivity index (χ2n) is 2.79. The highest BCUT2D eigenvalue weighted by Crippen LogP contribution is 2.18. The van der Waals surface area contributed by atoms with Crippen molar-refractivity contribution in [3.63, 3.8) is 0 Å². The molecular formula is C9H8N4O2. The van der Waals surface area contributed by atoms with E-state index in [0.29, 0.717) is 5.76 Å². The van der Waals surface area contributed by atoms with Gasteiger partial charge in [-0.25, -0.2) is 5.84 Å². The first-order valence-corrected chi connectivity index (χ1v) is 4.19. The van der Waals surface area contributed by atoms with Crippen molar-refractivity contribution < 1.29 is 9.32 Å². The average molecular weight is 204 g/mol. The van der Waals surface area contributed by atoms with E-state index in [9.17, 15) is 4.79 Å². The van der Waals surface area contributed by atoms with E-state index >= 15 is 0 Å². The van der Waals surface area contributed by atoms with Crippen LogP contribution in [0, 0.1) is 0 Å². The zero-order valence-corrected chi connectivity index (χ0v) is 7.68. The Morgan fingerprint density at radius 3 is 2.80 bits per heavy atom. The maximum Gasteiger partial charge on any atom is 0.287 e. The van der Waals surface area contributed by atoms with Gasteiger partial charge in [-0.05, 0) is 12.1 Å². The molecule has 6 nitrogen and oxygen atoms in total. The molecule has 3 N–H and O–H groups in total. The van der Waals surface area contributed by atoms with Crippen molar-refractivity contribution in [1.29, 1.82) is 0 Å². The Hall–Kier alpha value is -2.21. The average Bonchev–Trinajstić information content (AvgIpc) is 2.78. The van der Waals surface area contributed by atoms with E-state index in [2.05, 4.69) is 10.1 Å². The number of pyridine rings is 1. The quantitative estimate of drug-likeness (QED) is 0.418. The van der Waals surface area contributed by atoms with Crippen LogP contribution in [0.5, 0.6) is 0 Å². The van der Waals surface area contributed by atoms with Gasteiger partial charge in [0.15, 0.2) is 11.5 Å². The number of amides is 1. The van der Waals surface area contributed by atoms with Crippen molar-refractivity contribution in [1.82, 2.24) is 15.6 Å². The largest absolute Gasteiger partial charge is 0.355 e. The molecule has 2 rings (SSSR count). The molecule has 0 aromatic carbocycles. The highest BCUT2D eigenvalue weighted by molar-refractivity contribution is 5.92. The summed E-state index contributed by atoms with van der Waals surface area (Å²) in [6.07, 6.45) is 3.25. The van der Waals surface area contributed by atoms with Crippen molar-refractivity contribution in [3.05, 3.63) is 36.3 Å². The molecule has 0 aliphatic heterocycles. The summed E-state index contributed by atoms with van der Waals surface area (Å²) in [6.45, 7) is 0. The van der Waals surface area contributed by atoms with Crippen LogP contribution in [0.3, 0.4) is 0 Å². The first-order valence-electron chi connectivity index (χ1n) is 4.19. The summed E-state index contributed by atoms with van der Waals surface area (Å²) in [5.41, 5.74) is 2.91. The Labute approximate surface area is 85.1 Å². The van der Waals surface area contributed by atoms with Gasteiger partial charge in [-0.2, -0.15) is 0 Å². The molecule has 0 unspecified atom stereocenters. The molecule has 0 aliphatic rings. The van der Waals surface area contributed by atoms with Crippen molar-refractivity contribution in [3.8, 4) is 11.3 Å². The minimum absolute atomic E-state index is 0.143. The maximum atomic E-state index is 11.1. The highest BCUT2D eigenvalue weighted by atomic mass is 16.5. The zero-order valence-electron chi connectivity index (χ0n) is 7.68. The summed E-state index contributed by atoms with van der Waals surface area (Å²) in [5, 5.41) is 3.58. The van der Waals surface area contributed by atoms with Crippen LogP contribution < -0.4 is 11.3 Å². The molecule has 2 aromatic rings. The molecule has 0 fully saturated rings. The van der Waals surface area contributed by atoms with Crippen LogP contribution in [0.15, 0.2) is 35.1 Å². The Bertz CT molecular complexity index is 466. The molecular weight excluding hydrogens is 196 g/mol. The molecule has 0 spiro atoms. The molecule has 0 bridgehead atoms. The molecule has 0 atom stereocenters. The Morgan fingerprint density at radius 2 is 2.13 bits per heavy atom. The van der Waals surface area contributed by atoms with Gasteiger partial charge in [0.05, 0.1) is 0 Å². The molecule has 0 radical (unpaired) electrons. The number of nitrogens with two attached hydrogens (primary N) is 1. The third kappa shape index (κ3) is 1.84. The fraction of sp³-hybridized carbons (Fsp3) is 0. The fourth-order valence-corrected chi connectivity index (χ4v) is 1.11. The monoisotopic (exact) mass is 204 g/mol. The van der Waals surface area contributed by atoms with E-state index in [1.165, 1.54) is 6.07 Å². The number of carbonyl (C=O) groups excluding carboxylic acids is 1. The van der Waals surface area contributed by atoms with Crippen LogP contribution in [0.4, 0.5) is 0 Å². The summed E-state index contributed by atoms with van der Waals surface area (Å²) in [4.78, 5) is 15.0. The predicted molar refractivity (Wildman–Crippen MR) is 51.4 cm³/mol. The van der Waals surface area contributed by atoms with Gasteiger partial charge in [0, 0.05) is 24.0 Å². The van der Waals surface area contributed by atoms with Gasteiger partial charge in [0.1, 0.15) is 0 Å². The van der Waals surface area contributed by atoms with Crippen LogP contribution in [-0.2, 0) is 0 Å². The summed E-state index contributed by atoms with van der Waals surface area (Å²) >= 11 is 0. The Balaban J connectivity index is 2.32. The molecule has 76 valence electrons. The maximum absolute atomic E-state index is 11.1. The number of hydrazine groups is 1. The molecule has 0 saturated carbocycles. The van der Waals surface area contributed by atoms with Crippen LogP contribution >= 0.6 is 0 Å². The van der Waals surface area contributed by atoms with Gasteiger partial charge in [0.2, 0.25) is 0 Å².